The lowest BCUT2D eigenvalue weighted by Crippen LogP contribution is -2.17. The van der Waals surface area contributed by atoms with Crippen molar-refractivity contribution in [1.29, 1.82) is 0 Å². The molecule has 1 aromatic heterocycles. The molecule has 0 saturated carbocycles. The average molecular weight is 416 g/mol. The zero-order valence-corrected chi connectivity index (χ0v) is 17.5. The number of pyridine rings is 1. The highest BCUT2D eigenvalue weighted by Gasteiger charge is 2.16. The van der Waals surface area contributed by atoms with E-state index in [1.807, 2.05) is 49.5 Å². The van der Waals surface area contributed by atoms with Crippen LogP contribution in [0.1, 0.15) is 40.9 Å². The molecule has 1 atom stereocenters. The molecule has 0 fully saturated rings. The number of carbonyl (C=O) groups excluding carboxylic acids is 1. The van der Waals surface area contributed by atoms with E-state index >= 15 is 0 Å². The Balaban J connectivity index is 0.000000553. The number of benzene rings is 1. The van der Waals surface area contributed by atoms with Crippen molar-refractivity contribution < 1.29 is 29.8 Å². The predicted molar refractivity (Wildman–Crippen MR) is 111 cm³/mol. The molecule has 30 heavy (non-hydrogen) atoms. The van der Waals surface area contributed by atoms with Crippen molar-refractivity contribution >= 4 is 5.97 Å². The molecule has 8 heteroatoms. The first kappa shape index (κ1) is 25.2. The summed E-state index contributed by atoms with van der Waals surface area (Å²) < 4.78 is 5.03. The van der Waals surface area contributed by atoms with Crippen LogP contribution in [-0.4, -0.2) is 55.0 Å². The van der Waals surface area contributed by atoms with Gasteiger partial charge >= 0.3 is 5.97 Å². The topological polar surface area (TPSA) is 90.3 Å². The van der Waals surface area contributed by atoms with E-state index in [0.29, 0.717) is 12.2 Å². The van der Waals surface area contributed by atoms with Crippen molar-refractivity contribution in [3.05, 3.63) is 65.5 Å². The van der Waals surface area contributed by atoms with Crippen LogP contribution in [0.2, 0.25) is 0 Å². The SMILES string of the molecule is C#CCOOOO.CCOC(=O)c1ccc(C(CCN(C)C)c2ccccn2)cc1. The van der Waals surface area contributed by atoms with Gasteiger partial charge in [-0.1, -0.05) is 24.1 Å². The van der Waals surface area contributed by atoms with Gasteiger partial charge in [0, 0.05) is 17.8 Å². The lowest BCUT2D eigenvalue weighted by atomic mass is 9.91. The minimum Gasteiger partial charge on any atom is -0.462 e. The molecule has 0 saturated heterocycles. The lowest BCUT2D eigenvalue weighted by Gasteiger charge is -2.19. The fourth-order valence-electron chi connectivity index (χ4n) is 2.60. The van der Waals surface area contributed by atoms with Crippen LogP contribution in [0.25, 0.3) is 0 Å². The van der Waals surface area contributed by atoms with Crippen LogP contribution in [0.4, 0.5) is 0 Å². The Morgan fingerprint density at radius 2 is 1.97 bits per heavy atom. The minimum atomic E-state index is -0.276. The Kier molecular flexibility index (Phi) is 12.7. The molecule has 1 unspecified atom stereocenters. The van der Waals surface area contributed by atoms with Crippen molar-refractivity contribution in [2.75, 3.05) is 33.9 Å². The van der Waals surface area contributed by atoms with E-state index in [4.69, 9.17) is 9.99 Å². The fourth-order valence-corrected chi connectivity index (χ4v) is 2.60. The van der Waals surface area contributed by atoms with Gasteiger partial charge < -0.3 is 9.64 Å². The van der Waals surface area contributed by atoms with Crippen LogP contribution >= 0.6 is 0 Å². The summed E-state index contributed by atoms with van der Waals surface area (Å²) in [5.74, 6) is 2.01. The molecule has 1 heterocycles. The van der Waals surface area contributed by atoms with Gasteiger partial charge in [0.05, 0.1) is 12.2 Å². The molecule has 0 bridgehead atoms. The Morgan fingerprint density at radius 3 is 2.50 bits per heavy atom. The summed E-state index contributed by atoms with van der Waals surface area (Å²) in [5.41, 5.74) is 2.81. The standard InChI is InChI=1S/C19H24N2O2.C3H4O4/c1-4-23-19(22)16-10-8-15(9-11-16)17(12-14-21(2)3)18-7-5-6-13-20-18;1-2-3-5-7-6-4/h5-11,13,17H,4,12,14H2,1-3H3;1,4H,3H2. The molecule has 0 amide bonds. The third-order valence-electron chi connectivity index (χ3n) is 3.95. The molecular formula is C22H28N2O6. The van der Waals surface area contributed by atoms with Gasteiger partial charge in [0.15, 0.2) is 0 Å². The van der Waals surface area contributed by atoms with Crippen LogP contribution in [0, 0.1) is 12.3 Å². The number of carbonyl (C=O) groups is 1. The maximum Gasteiger partial charge on any atom is 0.338 e. The predicted octanol–water partition coefficient (Wildman–Crippen LogP) is 3.31. The monoisotopic (exact) mass is 416 g/mol. The molecule has 8 nitrogen and oxygen atoms in total. The van der Waals surface area contributed by atoms with Gasteiger partial charge in [-0.15, -0.1) is 6.42 Å². The third-order valence-corrected chi connectivity index (χ3v) is 3.95. The van der Waals surface area contributed by atoms with E-state index in [2.05, 4.69) is 57.4 Å². The highest BCUT2D eigenvalue weighted by Crippen LogP contribution is 2.27. The molecule has 2 aromatic rings. The van der Waals surface area contributed by atoms with Gasteiger partial charge in [-0.05, 0) is 73.9 Å². The van der Waals surface area contributed by atoms with Gasteiger partial charge in [0.25, 0.3) is 0 Å². The first-order valence-electron chi connectivity index (χ1n) is 9.39. The number of nitrogens with zero attached hydrogens (tertiary/aromatic N) is 2. The van der Waals surface area contributed by atoms with Crippen LogP contribution < -0.4 is 0 Å². The fraction of sp³-hybridized carbons (Fsp3) is 0.364. The Bertz CT molecular complexity index is 759. The number of ether oxygens (including phenoxy) is 1. The van der Waals surface area contributed by atoms with Crippen LogP contribution in [-0.2, 0) is 19.7 Å². The normalized spacial score (nSPS) is 11.2. The Hall–Kier alpha value is -2.80. The summed E-state index contributed by atoms with van der Waals surface area (Å²) in [5, 5.41) is 13.9. The molecule has 2 rings (SSSR count). The molecule has 0 radical (unpaired) electrons. The molecule has 0 spiro atoms. The number of rotatable bonds is 10. The second kappa shape index (κ2) is 15.1. The number of hydrogen-bond acceptors (Lipinski definition) is 8. The molecule has 0 aliphatic carbocycles. The Morgan fingerprint density at radius 1 is 1.23 bits per heavy atom. The maximum absolute atomic E-state index is 11.8. The summed E-state index contributed by atoms with van der Waals surface area (Å²) in [6.45, 7) is 3.12. The van der Waals surface area contributed by atoms with Gasteiger partial charge in [-0.2, -0.15) is 4.89 Å². The zero-order valence-electron chi connectivity index (χ0n) is 17.5. The zero-order chi connectivity index (χ0) is 22.2. The number of esters is 1. The average Bonchev–Trinajstić information content (AvgIpc) is 2.76. The van der Waals surface area contributed by atoms with Crippen LogP contribution in [0.3, 0.4) is 0 Å². The molecule has 1 N–H and O–H groups in total. The highest BCUT2D eigenvalue weighted by molar-refractivity contribution is 5.89. The smallest absolute Gasteiger partial charge is 0.338 e. The third kappa shape index (κ3) is 9.60. The number of hydrogen-bond donors (Lipinski definition) is 1. The second-order valence-electron chi connectivity index (χ2n) is 6.35. The molecule has 162 valence electrons. The summed E-state index contributed by atoms with van der Waals surface area (Å²) >= 11 is 0. The van der Waals surface area contributed by atoms with E-state index in [1.165, 1.54) is 5.56 Å². The van der Waals surface area contributed by atoms with E-state index in [-0.39, 0.29) is 18.5 Å². The van der Waals surface area contributed by atoms with Crippen molar-refractivity contribution in [2.45, 2.75) is 19.3 Å². The first-order chi connectivity index (χ1) is 14.5. The maximum atomic E-state index is 11.8. The summed E-state index contributed by atoms with van der Waals surface area (Å²) in [7, 11) is 4.14. The van der Waals surface area contributed by atoms with Gasteiger partial charge in [-0.25, -0.2) is 10.1 Å². The minimum absolute atomic E-state index is 0.0550. The van der Waals surface area contributed by atoms with Gasteiger partial charge in [0.2, 0.25) is 0 Å². The van der Waals surface area contributed by atoms with E-state index in [0.717, 1.165) is 18.7 Å². The van der Waals surface area contributed by atoms with E-state index < -0.39 is 0 Å². The van der Waals surface area contributed by atoms with Crippen molar-refractivity contribution in [3.8, 4) is 12.3 Å². The van der Waals surface area contributed by atoms with Gasteiger partial charge in [0.1, 0.15) is 6.61 Å². The van der Waals surface area contributed by atoms with Crippen molar-refractivity contribution in [3.63, 3.8) is 0 Å². The quantitative estimate of drug-likeness (QED) is 0.207. The summed E-state index contributed by atoms with van der Waals surface area (Å²) in [4.78, 5) is 22.4. The summed E-state index contributed by atoms with van der Waals surface area (Å²) in [6, 6.07) is 13.7. The Labute approximate surface area is 177 Å². The summed E-state index contributed by atoms with van der Waals surface area (Å²) in [6.07, 6.45) is 7.48. The van der Waals surface area contributed by atoms with E-state index in [9.17, 15) is 4.79 Å². The molecule has 0 aliphatic heterocycles. The molecular weight excluding hydrogens is 388 g/mol. The molecule has 1 aromatic carbocycles. The number of aromatic nitrogens is 1. The first-order valence-corrected chi connectivity index (χ1v) is 9.39. The molecule has 0 aliphatic rings. The highest BCUT2D eigenvalue weighted by atomic mass is 17.6. The number of terminal acetylenes is 1. The van der Waals surface area contributed by atoms with E-state index in [1.54, 1.807) is 0 Å². The van der Waals surface area contributed by atoms with Crippen molar-refractivity contribution in [1.82, 2.24) is 9.88 Å². The van der Waals surface area contributed by atoms with Gasteiger partial charge in [-0.3, -0.25) is 4.98 Å². The van der Waals surface area contributed by atoms with Crippen LogP contribution in [0.15, 0.2) is 48.7 Å². The lowest BCUT2D eigenvalue weighted by molar-refractivity contribution is -0.620. The van der Waals surface area contributed by atoms with Crippen molar-refractivity contribution in [2.24, 2.45) is 0 Å². The largest absolute Gasteiger partial charge is 0.462 e. The second-order valence-corrected chi connectivity index (χ2v) is 6.35. The van der Waals surface area contributed by atoms with Crippen LogP contribution in [0.5, 0.6) is 0 Å².